The summed E-state index contributed by atoms with van der Waals surface area (Å²) in [7, 11) is 3.33. The van der Waals surface area contributed by atoms with Gasteiger partial charge in [-0.25, -0.2) is 4.39 Å². The molecule has 0 aliphatic rings. The van der Waals surface area contributed by atoms with Crippen LogP contribution in [0.2, 0.25) is 0 Å². The van der Waals surface area contributed by atoms with Gasteiger partial charge >= 0.3 is 0 Å². The van der Waals surface area contributed by atoms with E-state index in [1.54, 1.807) is 12.4 Å². The van der Waals surface area contributed by atoms with Crippen molar-refractivity contribution in [3.63, 3.8) is 0 Å². The van der Waals surface area contributed by atoms with Crippen molar-refractivity contribution in [3.8, 4) is 5.75 Å². The number of nitrogens with zero attached hydrogens (tertiary/aromatic N) is 4. The highest BCUT2D eigenvalue weighted by atomic mass is 32.1. The van der Waals surface area contributed by atoms with E-state index in [2.05, 4.69) is 15.2 Å². The van der Waals surface area contributed by atoms with Crippen LogP contribution in [0.4, 0.5) is 4.39 Å². The fourth-order valence-electron chi connectivity index (χ4n) is 2.28. The number of halogens is 1. The maximum absolute atomic E-state index is 13.7. The predicted molar refractivity (Wildman–Crippen MR) is 78.3 cm³/mol. The normalized spacial score (nSPS) is 11.2. The van der Waals surface area contributed by atoms with Crippen LogP contribution in [-0.4, -0.2) is 31.4 Å². The summed E-state index contributed by atoms with van der Waals surface area (Å²) >= 11 is 5.30. The number of hydrogen-bond donors (Lipinski definition) is 1. The number of fused-ring (bicyclic) bond motifs is 1. The van der Waals surface area contributed by atoms with Gasteiger partial charge in [-0.3, -0.25) is 0 Å². The Balaban J connectivity index is 1.99. The van der Waals surface area contributed by atoms with E-state index >= 15 is 0 Å². The average Bonchev–Trinajstić information content (AvgIpc) is 2.98. The molecular formula is C13H14FN5OS. The molecule has 8 heteroatoms. The topological polar surface area (TPSA) is 60.7 Å². The molecule has 0 unspecified atom stereocenters. The zero-order valence-corrected chi connectivity index (χ0v) is 12.4. The third-order valence-electron chi connectivity index (χ3n) is 3.41. The van der Waals surface area contributed by atoms with Crippen molar-refractivity contribution in [2.75, 3.05) is 7.11 Å². The number of nitrogens with one attached hydrogen (secondary N) is 1. The summed E-state index contributed by atoms with van der Waals surface area (Å²) in [5.41, 5.74) is 1.46. The molecule has 6 nitrogen and oxygen atoms in total. The van der Waals surface area contributed by atoms with Crippen LogP contribution < -0.4 is 4.74 Å². The van der Waals surface area contributed by atoms with Crippen molar-refractivity contribution in [3.05, 3.63) is 34.9 Å². The second kappa shape index (κ2) is 5.28. The van der Waals surface area contributed by atoms with Gasteiger partial charge in [-0.2, -0.15) is 0 Å². The van der Waals surface area contributed by atoms with Gasteiger partial charge in [0.2, 0.25) is 0 Å². The van der Waals surface area contributed by atoms with Gasteiger partial charge in [0.25, 0.3) is 0 Å². The molecule has 0 aliphatic heterocycles. The predicted octanol–water partition coefficient (Wildman–Crippen LogP) is 2.22. The van der Waals surface area contributed by atoms with Crippen molar-refractivity contribution in [2.24, 2.45) is 7.05 Å². The molecule has 1 N–H and O–H groups in total. The van der Waals surface area contributed by atoms with E-state index in [9.17, 15) is 4.39 Å². The van der Waals surface area contributed by atoms with Crippen molar-refractivity contribution < 1.29 is 9.13 Å². The van der Waals surface area contributed by atoms with Crippen LogP contribution in [0.25, 0.3) is 11.0 Å². The zero-order chi connectivity index (χ0) is 15.0. The van der Waals surface area contributed by atoms with Gasteiger partial charge in [-0.15, -0.1) is 10.2 Å². The van der Waals surface area contributed by atoms with Gasteiger partial charge in [-0.05, 0) is 12.2 Å². The summed E-state index contributed by atoms with van der Waals surface area (Å²) < 4.78 is 23.0. The number of aryl methyl sites for hydroxylation is 3. The SMILES string of the molecule is COc1cc2c(cc1F)[nH]c(=S)n2CCc1nncn1C. The number of aromatic nitrogens is 5. The smallest absolute Gasteiger partial charge is 0.178 e. The molecule has 0 bridgehead atoms. The highest BCUT2D eigenvalue weighted by molar-refractivity contribution is 7.71. The second-order valence-electron chi connectivity index (χ2n) is 4.69. The Kier molecular flexibility index (Phi) is 3.46. The lowest BCUT2D eigenvalue weighted by Crippen LogP contribution is -2.06. The molecule has 2 heterocycles. The molecule has 0 atom stereocenters. The van der Waals surface area contributed by atoms with Gasteiger partial charge in [0.05, 0.1) is 18.1 Å². The molecule has 1 aromatic carbocycles. The Morgan fingerprint density at radius 1 is 1.43 bits per heavy atom. The molecule has 110 valence electrons. The first kappa shape index (κ1) is 13.7. The average molecular weight is 307 g/mol. The summed E-state index contributed by atoms with van der Waals surface area (Å²) in [6, 6.07) is 3.04. The maximum Gasteiger partial charge on any atom is 0.178 e. The molecule has 0 spiro atoms. The standard InChI is InChI=1S/C13H14FN5OS/c1-18-7-15-17-12(18)3-4-19-10-6-11(20-2)8(14)5-9(10)16-13(19)21/h5-7H,3-4H2,1-2H3,(H,16,21). The van der Waals surface area contributed by atoms with Crippen molar-refractivity contribution in [1.82, 2.24) is 24.3 Å². The lowest BCUT2D eigenvalue weighted by Gasteiger charge is -2.06. The molecule has 3 rings (SSSR count). The maximum atomic E-state index is 13.7. The number of imidazole rings is 1. The fraction of sp³-hybridized carbons (Fsp3) is 0.308. The number of rotatable bonds is 4. The fourth-order valence-corrected chi connectivity index (χ4v) is 2.58. The molecule has 0 amide bonds. The number of aromatic amines is 1. The molecule has 0 fully saturated rings. The van der Waals surface area contributed by atoms with Crippen LogP contribution in [0.5, 0.6) is 5.75 Å². The molecule has 0 radical (unpaired) electrons. The lowest BCUT2D eigenvalue weighted by molar-refractivity contribution is 0.387. The number of methoxy groups -OCH3 is 1. The molecule has 0 aliphatic carbocycles. The van der Waals surface area contributed by atoms with Crippen LogP contribution >= 0.6 is 12.2 Å². The third kappa shape index (κ3) is 2.42. The Hall–Kier alpha value is -2.22. The molecule has 0 saturated carbocycles. The van der Waals surface area contributed by atoms with Crippen LogP contribution in [0.15, 0.2) is 18.5 Å². The van der Waals surface area contributed by atoms with Gasteiger partial charge in [0.15, 0.2) is 16.3 Å². The molecule has 0 saturated heterocycles. The van der Waals surface area contributed by atoms with E-state index in [1.165, 1.54) is 13.2 Å². The first-order chi connectivity index (χ1) is 10.1. The Morgan fingerprint density at radius 3 is 2.90 bits per heavy atom. The lowest BCUT2D eigenvalue weighted by atomic mass is 10.2. The van der Waals surface area contributed by atoms with Gasteiger partial charge in [0, 0.05) is 32.1 Å². The third-order valence-corrected chi connectivity index (χ3v) is 3.73. The molecule has 2 aromatic heterocycles. The van der Waals surface area contributed by atoms with Gasteiger partial charge in [0.1, 0.15) is 12.2 Å². The van der Waals surface area contributed by atoms with Crippen LogP contribution in [0, 0.1) is 10.6 Å². The van der Waals surface area contributed by atoms with Crippen LogP contribution in [0.1, 0.15) is 5.82 Å². The summed E-state index contributed by atoms with van der Waals surface area (Å²) in [5.74, 6) is 0.644. The molecular weight excluding hydrogens is 293 g/mol. The van der Waals surface area contributed by atoms with E-state index in [0.717, 1.165) is 11.3 Å². The monoisotopic (exact) mass is 307 g/mol. The number of ether oxygens (including phenoxy) is 1. The van der Waals surface area contributed by atoms with Crippen molar-refractivity contribution >= 4 is 23.3 Å². The van der Waals surface area contributed by atoms with E-state index in [4.69, 9.17) is 17.0 Å². The minimum Gasteiger partial charge on any atom is -0.494 e. The minimum absolute atomic E-state index is 0.198. The Morgan fingerprint density at radius 2 is 2.24 bits per heavy atom. The highest BCUT2D eigenvalue weighted by Gasteiger charge is 2.11. The summed E-state index contributed by atoms with van der Waals surface area (Å²) in [4.78, 5) is 3.00. The summed E-state index contributed by atoms with van der Waals surface area (Å²) in [5, 5.41) is 7.89. The van der Waals surface area contributed by atoms with E-state index < -0.39 is 5.82 Å². The van der Waals surface area contributed by atoms with Crippen LogP contribution in [0.3, 0.4) is 0 Å². The summed E-state index contributed by atoms with van der Waals surface area (Å²) in [6.07, 6.45) is 2.33. The number of H-pyrrole nitrogens is 1. The minimum atomic E-state index is -0.415. The van der Waals surface area contributed by atoms with Crippen LogP contribution in [-0.2, 0) is 20.0 Å². The van der Waals surface area contributed by atoms with E-state index in [-0.39, 0.29) is 5.75 Å². The highest BCUT2D eigenvalue weighted by Crippen LogP contribution is 2.24. The van der Waals surface area contributed by atoms with E-state index in [1.807, 2.05) is 16.2 Å². The first-order valence-electron chi connectivity index (χ1n) is 6.39. The van der Waals surface area contributed by atoms with Crippen molar-refractivity contribution in [1.29, 1.82) is 0 Å². The number of benzene rings is 1. The quantitative estimate of drug-likeness (QED) is 0.751. The molecule has 3 aromatic rings. The van der Waals surface area contributed by atoms with Crippen molar-refractivity contribution in [2.45, 2.75) is 13.0 Å². The largest absolute Gasteiger partial charge is 0.494 e. The van der Waals surface area contributed by atoms with Gasteiger partial charge < -0.3 is 18.9 Å². The summed E-state index contributed by atoms with van der Waals surface area (Å²) in [6.45, 7) is 0.625. The van der Waals surface area contributed by atoms with Gasteiger partial charge in [-0.1, -0.05) is 0 Å². The Bertz CT molecular complexity index is 850. The number of hydrogen-bond acceptors (Lipinski definition) is 4. The second-order valence-corrected chi connectivity index (χ2v) is 5.08. The van der Waals surface area contributed by atoms with E-state index in [0.29, 0.717) is 23.3 Å². The zero-order valence-electron chi connectivity index (χ0n) is 11.6. The first-order valence-corrected chi connectivity index (χ1v) is 6.80. The Labute approximate surface area is 125 Å². The molecule has 21 heavy (non-hydrogen) atoms.